The van der Waals surface area contributed by atoms with Crippen LogP contribution >= 0.6 is 23.1 Å². The summed E-state index contributed by atoms with van der Waals surface area (Å²) in [5.74, 6) is 0. The van der Waals surface area contributed by atoms with E-state index >= 15 is 0 Å². The molecule has 0 fully saturated rings. The quantitative estimate of drug-likeness (QED) is 0.728. The Balaban J connectivity index is 1.81. The summed E-state index contributed by atoms with van der Waals surface area (Å²) in [6.45, 7) is 2.14. The summed E-state index contributed by atoms with van der Waals surface area (Å²) in [7, 11) is 0. The van der Waals surface area contributed by atoms with Crippen LogP contribution in [0, 0.1) is 0 Å². The predicted octanol–water partition coefficient (Wildman–Crippen LogP) is 3.87. The van der Waals surface area contributed by atoms with E-state index in [1.165, 1.54) is 0 Å². The van der Waals surface area contributed by atoms with Crippen LogP contribution in [0.1, 0.15) is 17.9 Å². The molecule has 1 atom stereocenters. The smallest absolute Gasteiger partial charge is 0.167 e. The van der Waals surface area contributed by atoms with Gasteiger partial charge in [0.25, 0.3) is 0 Å². The summed E-state index contributed by atoms with van der Waals surface area (Å²) in [4.78, 5) is 12.2. The second kappa shape index (κ2) is 4.50. The number of hydrogen-bond acceptors (Lipinski definition) is 4. The van der Waals surface area contributed by atoms with Crippen molar-refractivity contribution in [1.29, 1.82) is 0 Å². The Labute approximate surface area is 107 Å². The first-order valence-corrected chi connectivity index (χ1v) is 7.14. The minimum absolute atomic E-state index is 0.301. The van der Waals surface area contributed by atoms with Crippen LogP contribution in [-0.4, -0.2) is 15.0 Å². The van der Waals surface area contributed by atoms with Crippen molar-refractivity contribution in [3.8, 4) is 0 Å². The van der Waals surface area contributed by atoms with Gasteiger partial charge in [0, 0.05) is 17.0 Å². The van der Waals surface area contributed by atoms with Crippen LogP contribution in [0.5, 0.6) is 0 Å². The largest absolute Gasteiger partial charge is 0.332 e. The molecule has 0 aliphatic rings. The van der Waals surface area contributed by atoms with E-state index in [0.717, 1.165) is 21.9 Å². The molecular weight excluding hydrogens is 250 g/mol. The second-order valence-electron chi connectivity index (χ2n) is 3.73. The van der Waals surface area contributed by atoms with Gasteiger partial charge in [0.2, 0.25) is 0 Å². The molecule has 0 radical (unpaired) electrons. The van der Waals surface area contributed by atoms with Crippen LogP contribution in [0.4, 0.5) is 0 Å². The van der Waals surface area contributed by atoms with Gasteiger partial charge in [-0.3, -0.25) is 4.98 Å². The van der Waals surface area contributed by atoms with E-state index in [9.17, 15) is 0 Å². The number of rotatable bonds is 3. The van der Waals surface area contributed by atoms with Gasteiger partial charge < -0.3 is 4.98 Å². The zero-order chi connectivity index (χ0) is 11.7. The lowest BCUT2D eigenvalue weighted by Gasteiger charge is -2.07. The molecule has 0 aliphatic carbocycles. The van der Waals surface area contributed by atoms with E-state index in [-0.39, 0.29) is 0 Å². The number of fused-ring (bicyclic) bond motifs is 1. The van der Waals surface area contributed by atoms with E-state index < -0.39 is 0 Å². The van der Waals surface area contributed by atoms with Crippen LogP contribution in [0.25, 0.3) is 11.0 Å². The highest BCUT2D eigenvalue weighted by Crippen LogP contribution is 2.33. The SMILES string of the molecule is CC(Sc1nc2cscc2[nH]1)c1ccccn1. The fraction of sp³-hybridized carbons (Fsp3) is 0.167. The number of aromatic amines is 1. The van der Waals surface area contributed by atoms with Crippen molar-refractivity contribution in [3.63, 3.8) is 0 Å². The predicted molar refractivity (Wildman–Crippen MR) is 72.5 cm³/mol. The van der Waals surface area contributed by atoms with Gasteiger partial charge in [-0.25, -0.2) is 4.98 Å². The van der Waals surface area contributed by atoms with E-state index in [1.54, 1.807) is 23.1 Å². The second-order valence-corrected chi connectivity index (χ2v) is 5.80. The maximum atomic E-state index is 4.53. The summed E-state index contributed by atoms with van der Waals surface area (Å²) in [5.41, 5.74) is 3.24. The van der Waals surface area contributed by atoms with Crippen molar-refractivity contribution in [2.24, 2.45) is 0 Å². The van der Waals surface area contributed by atoms with Gasteiger partial charge in [0.15, 0.2) is 5.16 Å². The Hall–Kier alpha value is -1.33. The third kappa shape index (κ3) is 2.21. The Morgan fingerprint density at radius 2 is 2.29 bits per heavy atom. The van der Waals surface area contributed by atoms with Crippen molar-refractivity contribution < 1.29 is 0 Å². The fourth-order valence-electron chi connectivity index (χ4n) is 1.62. The molecule has 86 valence electrons. The summed E-state index contributed by atoms with van der Waals surface area (Å²) >= 11 is 3.37. The van der Waals surface area contributed by atoms with Gasteiger partial charge in [-0.05, 0) is 19.1 Å². The van der Waals surface area contributed by atoms with Gasteiger partial charge in [-0.15, -0.1) is 11.3 Å². The Kier molecular flexibility index (Phi) is 2.86. The molecule has 5 heteroatoms. The highest BCUT2D eigenvalue weighted by molar-refractivity contribution is 7.99. The molecule has 17 heavy (non-hydrogen) atoms. The Morgan fingerprint density at radius 3 is 3.06 bits per heavy atom. The molecule has 0 aromatic carbocycles. The minimum Gasteiger partial charge on any atom is -0.332 e. The molecule has 3 nitrogen and oxygen atoms in total. The number of imidazole rings is 1. The number of aromatic nitrogens is 3. The van der Waals surface area contributed by atoms with E-state index in [1.807, 2.05) is 24.4 Å². The van der Waals surface area contributed by atoms with Gasteiger partial charge in [-0.1, -0.05) is 17.8 Å². The summed E-state index contributed by atoms with van der Waals surface area (Å²) < 4.78 is 0. The lowest BCUT2D eigenvalue weighted by Crippen LogP contribution is -1.92. The van der Waals surface area contributed by atoms with Crippen LogP contribution in [0.2, 0.25) is 0 Å². The molecule has 1 N–H and O–H groups in total. The summed E-state index contributed by atoms with van der Waals surface area (Å²) in [6.07, 6.45) is 1.83. The summed E-state index contributed by atoms with van der Waals surface area (Å²) in [6, 6.07) is 5.99. The maximum absolute atomic E-state index is 4.53. The number of thiophene rings is 1. The average Bonchev–Trinajstić information content (AvgIpc) is 2.90. The Morgan fingerprint density at radius 1 is 1.35 bits per heavy atom. The molecule has 0 aliphatic heterocycles. The number of pyridine rings is 1. The molecule has 3 rings (SSSR count). The van der Waals surface area contributed by atoms with Gasteiger partial charge in [0.1, 0.15) is 5.52 Å². The standard InChI is InChI=1S/C12H11N3S2/c1-8(9-4-2-3-5-13-9)17-12-14-10-6-16-7-11(10)15-12/h2-8H,1H3,(H,14,15). The molecule has 0 bridgehead atoms. The van der Waals surface area contributed by atoms with E-state index in [0.29, 0.717) is 5.25 Å². The van der Waals surface area contributed by atoms with Crippen molar-refractivity contribution in [3.05, 3.63) is 40.8 Å². The van der Waals surface area contributed by atoms with Crippen LogP contribution in [0.3, 0.4) is 0 Å². The molecule has 3 heterocycles. The van der Waals surface area contributed by atoms with Crippen LogP contribution in [-0.2, 0) is 0 Å². The number of nitrogens with zero attached hydrogens (tertiary/aromatic N) is 2. The average molecular weight is 261 g/mol. The first-order chi connectivity index (χ1) is 8.33. The third-order valence-electron chi connectivity index (χ3n) is 2.50. The van der Waals surface area contributed by atoms with Gasteiger partial charge in [-0.2, -0.15) is 0 Å². The van der Waals surface area contributed by atoms with Crippen molar-refractivity contribution in [1.82, 2.24) is 15.0 Å². The molecule has 0 saturated carbocycles. The molecule has 1 unspecified atom stereocenters. The fourth-order valence-corrected chi connectivity index (χ4v) is 3.23. The lowest BCUT2D eigenvalue weighted by atomic mass is 10.3. The van der Waals surface area contributed by atoms with E-state index in [4.69, 9.17) is 0 Å². The minimum atomic E-state index is 0.301. The first kappa shape index (κ1) is 10.8. The topological polar surface area (TPSA) is 41.6 Å². The lowest BCUT2D eigenvalue weighted by molar-refractivity contribution is 0.984. The van der Waals surface area contributed by atoms with Crippen LogP contribution < -0.4 is 0 Å². The molecule has 3 aromatic rings. The number of hydrogen-bond donors (Lipinski definition) is 1. The molecule has 3 aromatic heterocycles. The maximum Gasteiger partial charge on any atom is 0.167 e. The van der Waals surface area contributed by atoms with Crippen molar-refractivity contribution in [2.45, 2.75) is 17.3 Å². The first-order valence-electron chi connectivity index (χ1n) is 5.32. The highest BCUT2D eigenvalue weighted by atomic mass is 32.2. The molecule has 0 spiro atoms. The summed E-state index contributed by atoms with van der Waals surface area (Å²) in [5, 5.41) is 5.40. The van der Waals surface area contributed by atoms with Crippen LogP contribution in [0.15, 0.2) is 40.3 Å². The number of H-pyrrole nitrogens is 1. The Bertz CT molecular complexity index is 586. The molecule has 0 saturated heterocycles. The number of nitrogens with one attached hydrogen (secondary N) is 1. The molecular formula is C12H11N3S2. The van der Waals surface area contributed by atoms with Gasteiger partial charge >= 0.3 is 0 Å². The van der Waals surface area contributed by atoms with E-state index in [2.05, 4.69) is 32.6 Å². The highest BCUT2D eigenvalue weighted by Gasteiger charge is 2.11. The number of thioether (sulfide) groups is 1. The monoisotopic (exact) mass is 261 g/mol. The van der Waals surface area contributed by atoms with Crippen molar-refractivity contribution >= 4 is 34.1 Å². The zero-order valence-corrected chi connectivity index (χ0v) is 10.9. The third-order valence-corrected chi connectivity index (χ3v) is 4.24. The van der Waals surface area contributed by atoms with Crippen molar-refractivity contribution in [2.75, 3.05) is 0 Å². The normalized spacial score (nSPS) is 13.0. The zero-order valence-electron chi connectivity index (χ0n) is 9.25. The van der Waals surface area contributed by atoms with Gasteiger partial charge in [0.05, 0.1) is 16.5 Å². The molecule has 0 amide bonds.